The highest BCUT2D eigenvalue weighted by Gasteiger charge is 2.35. The summed E-state index contributed by atoms with van der Waals surface area (Å²) in [4.78, 5) is 19.0. The summed E-state index contributed by atoms with van der Waals surface area (Å²) in [5, 5.41) is 14.2. The van der Waals surface area contributed by atoms with Crippen LogP contribution in [-0.4, -0.2) is 28.8 Å². The number of pyridine rings is 1. The molecule has 2 heterocycles. The minimum Gasteiger partial charge on any atom is -0.287 e. The van der Waals surface area contributed by atoms with Crippen molar-refractivity contribution in [1.82, 2.24) is 10.3 Å². The molecule has 1 aromatic rings. The number of aromatic nitrogens is 1. The van der Waals surface area contributed by atoms with Crippen molar-refractivity contribution in [3.05, 3.63) is 52.0 Å². The van der Waals surface area contributed by atoms with Crippen LogP contribution in [0.2, 0.25) is 0 Å². The van der Waals surface area contributed by atoms with Gasteiger partial charge < -0.3 is 0 Å². The second kappa shape index (κ2) is 5.27. The lowest BCUT2D eigenvalue weighted by Crippen LogP contribution is -2.38. The quantitative estimate of drug-likeness (QED) is 0.657. The molecule has 0 aromatic carbocycles. The molecule has 1 N–H and O–H groups in total. The average Bonchev–Trinajstić information content (AvgIpc) is 2.42. The third-order valence-corrected chi connectivity index (χ3v) is 3.13. The molecule has 0 spiro atoms. The van der Waals surface area contributed by atoms with Crippen molar-refractivity contribution < 1.29 is 4.92 Å². The molecule has 0 bridgehead atoms. The van der Waals surface area contributed by atoms with Gasteiger partial charge in [-0.3, -0.25) is 25.4 Å². The molecule has 6 heteroatoms. The maximum atomic E-state index is 11.2. The number of nitrogens with zero attached hydrogens (tertiary/aromatic N) is 3. The van der Waals surface area contributed by atoms with Crippen LogP contribution in [-0.2, 0) is 5.41 Å². The average molecular weight is 260 g/mol. The van der Waals surface area contributed by atoms with Gasteiger partial charge in [-0.1, -0.05) is 6.92 Å². The van der Waals surface area contributed by atoms with E-state index in [-0.39, 0.29) is 10.6 Å². The third kappa shape index (κ3) is 2.68. The Labute approximate surface area is 111 Å². The van der Waals surface area contributed by atoms with Crippen LogP contribution in [0.25, 0.3) is 0 Å². The highest BCUT2D eigenvalue weighted by molar-refractivity contribution is 5.77. The minimum absolute atomic E-state index is 0.0867. The van der Waals surface area contributed by atoms with E-state index in [0.717, 1.165) is 5.56 Å². The Morgan fingerprint density at radius 2 is 2.16 bits per heavy atom. The molecule has 0 radical (unpaired) electrons. The van der Waals surface area contributed by atoms with E-state index in [1.807, 2.05) is 26.0 Å². The van der Waals surface area contributed by atoms with Crippen molar-refractivity contribution in [3.8, 4) is 0 Å². The first-order chi connectivity index (χ1) is 9.07. The van der Waals surface area contributed by atoms with Crippen LogP contribution in [0.1, 0.15) is 19.4 Å². The summed E-state index contributed by atoms with van der Waals surface area (Å²) in [6.45, 7) is 4.42. The first kappa shape index (κ1) is 13.4. The largest absolute Gasteiger partial charge is 0.287 e. The van der Waals surface area contributed by atoms with Crippen LogP contribution >= 0.6 is 0 Å². The zero-order valence-corrected chi connectivity index (χ0v) is 10.9. The smallest absolute Gasteiger partial charge is 0.282 e. The predicted octanol–water partition coefficient (Wildman–Crippen LogP) is 1.52. The topological polar surface area (TPSA) is 80.4 Å². The highest BCUT2D eigenvalue weighted by atomic mass is 16.6. The molecule has 2 unspecified atom stereocenters. The van der Waals surface area contributed by atoms with Crippen molar-refractivity contribution in [2.75, 3.05) is 6.54 Å². The Bertz CT molecular complexity index is 527. The number of hydrogen-bond acceptors (Lipinski definition) is 5. The Kier molecular flexibility index (Phi) is 3.71. The number of nitro groups is 1. The molecule has 0 saturated heterocycles. The molecule has 2 rings (SSSR count). The van der Waals surface area contributed by atoms with Gasteiger partial charge in [0.25, 0.3) is 5.70 Å². The summed E-state index contributed by atoms with van der Waals surface area (Å²) >= 11 is 0. The monoisotopic (exact) mass is 260 g/mol. The number of hydrogen-bond donors (Lipinski definition) is 1. The maximum Gasteiger partial charge on any atom is 0.282 e. The fraction of sp³-hybridized carbons (Fsp3) is 0.385. The maximum absolute atomic E-state index is 11.2. The van der Waals surface area contributed by atoms with Gasteiger partial charge in [0.15, 0.2) is 6.17 Å². The van der Waals surface area contributed by atoms with E-state index in [1.165, 1.54) is 0 Å². The molecule has 6 nitrogen and oxygen atoms in total. The standard InChI is InChI=1S/C13H16N4O2/c1-3-15-12-11(17(18)19)8-13(2,9-16-12)10-4-6-14-7-5-10/h4-9,12,15H,3H2,1-2H3. The fourth-order valence-electron chi connectivity index (χ4n) is 2.10. The number of allylic oxidation sites excluding steroid dienone is 1. The lowest BCUT2D eigenvalue weighted by molar-refractivity contribution is -0.431. The Hall–Kier alpha value is -2.08. The van der Waals surface area contributed by atoms with Crippen molar-refractivity contribution in [1.29, 1.82) is 0 Å². The van der Waals surface area contributed by atoms with Crippen molar-refractivity contribution in [2.45, 2.75) is 25.4 Å². The molecule has 0 aliphatic carbocycles. The van der Waals surface area contributed by atoms with Gasteiger partial charge in [-0.15, -0.1) is 0 Å². The molecular weight excluding hydrogens is 244 g/mol. The Morgan fingerprint density at radius 1 is 1.47 bits per heavy atom. The van der Waals surface area contributed by atoms with Crippen molar-refractivity contribution in [2.24, 2.45) is 4.99 Å². The zero-order chi connectivity index (χ0) is 13.9. The minimum atomic E-state index is -0.574. The van der Waals surface area contributed by atoms with Gasteiger partial charge in [0.2, 0.25) is 0 Å². The number of dihydropyridines is 1. The molecule has 2 atom stereocenters. The van der Waals surface area contributed by atoms with E-state index in [1.54, 1.807) is 24.7 Å². The molecule has 19 heavy (non-hydrogen) atoms. The molecule has 0 fully saturated rings. The number of nitrogens with one attached hydrogen (secondary N) is 1. The summed E-state index contributed by atoms with van der Waals surface area (Å²) in [6, 6.07) is 3.68. The van der Waals surface area contributed by atoms with Gasteiger partial charge in [-0.25, -0.2) is 0 Å². The second-order valence-corrected chi connectivity index (χ2v) is 4.58. The van der Waals surface area contributed by atoms with E-state index in [4.69, 9.17) is 0 Å². The van der Waals surface area contributed by atoms with Gasteiger partial charge in [-0.2, -0.15) is 0 Å². The van der Waals surface area contributed by atoms with E-state index in [9.17, 15) is 10.1 Å². The summed E-state index contributed by atoms with van der Waals surface area (Å²) in [6.07, 6.45) is 6.18. The first-order valence-electron chi connectivity index (χ1n) is 6.12. The van der Waals surface area contributed by atoms with Crippen LogP contribution in [0.5, 0.6) is 0 Å². The van der Waals surface area contributed by atoms with Crippen LogP contribution in [0.4, 0.5) is 0 Å². The van der Waals surface area contributed by atoms with E-state index < -0.39 is 11.6 Å². The summed E-state index contributed by atoms with van der Waals surface area (Å²) in [5.41, 5.74) is 0.446. The number of likely N-dealkylation sites (N-methyl/N-ethyl adjacent to an activating group) is 1. The molecule has 100 valence electrons. The van der Waals surface area contributed by atoms with Gasteiger partial charge in [0.1, 0.15) is 0 Å². The summed E-state index contributed by atoms with van der Waals surface area (Å²) in [7, 11) is 0. The van der Waals surface area contributed by atoms with E-state index in [0.29, 0.717) is 6.54 Å². The molecule has 1 aromatic heterocycles. The van der Waals surface area contributed by atoms with Crippen LogP contribution in [0.15, 0.2) is 41.3 Å². The first-order valence-corrected chi connectivity index (χ1v) is 6.12. The summed E-state index contributed by atoms with van der Waals surface area (Å²) in [5.74, 6) is 0. The van der Waals surface area contributed by atoms with Crippen molar-refractivity contribution in [3.63, 3.8) is 0 Å². The van der Waals surface area contributed by atoms with Gasteiger partial charge in [0, 0.05) is 24.7 Å². The van der Waals surface area contributed by atoms with Gasteiger partial charge >= 0.3 is 0 Å². The molecule has 0 amide bonds. The van der Waals surface area contributed by atoms with Gasteiger partial charge in [-0.05, 0) is 31.2 Å². The third-order valence-electron chi connectivity index (χ3n) is 3.13. The fourth-order valence-corrected chi connectivity index (χ4v) is 2.10. The van der Waals surface area contributed by atoms with Crippen LogP contribution < -0.4 is 5.32 Å². The second-order valence-electron chi connectivity index (χ2n) is 4.58. The molecule has 1 aliphatic rings. The number of aliphatic imine (C=N–C) groups is 1. The normalized spacial score (nSPS) is 26.0. The molecular formula is C13H16N4O2. The van der Waals surface area contributed by atoms with E-state index in [2.05, 4.69) is 15.3 Å². The highest BCUT2D eigenvalue weighted by Crippen LogP contribution is 2.29. The van der Waals surface area contributed by atoms with Gasteiger partial charge in [0.05, 0.1) is 10.3 Å². The Balaban J connectivity index is 2.40. The van der Waals surface area contributed by atoms with E-state index >= 15 is 0 Å². The van der Waals surface area contributed by atoms with Crippen molar-refractivity contribution >= 4 is 6.21 Å². The molecule has 0 saturated carbocycles. The van der Waals surface area contributed by atoms with Crippen LogP contribution in [0, 0.1) is 10.1 Å². The Morgan fingerprint density at radius 3 is 2.74 bits per heavy atom. The lowest BCUT2D eigenvalue weighted by Gasteiger charge is -2.26. The number of rotatable bonds is 4. The summed E-state index contributed by atoms with van der Waals surface area (Å²) < 4.78 is 0. The predicted molar refractivity (Wildman–Crippen MR) is 72.6 cm³/mol. The van der Waals surface area contributed by atoms with Crippen LogP contribution in [0.3, 0.4) is 0 Å². The zero-order valence-electron chi connectivity index (χ0n) is 10.9. The SMILES string of the molecule is CCNC1N=CC(C)(c2ccncc2)C=C1[N+](=O)[O-]. The lowest BCUT2D eigenvalue weighted by atomic mass is 9.82. The molecule has 1 aliphatic heterocycles.